The fourth-order valence-electron chi connectivity index (χ4n) is 2.70. The predicted molar refractivity (Wildman–Crippen MR) is 118 cm³/mol. The number of aromatic nitrogens is 2. The number of anilines is 2. The minimum atomic E-state index is -0.235. The summed E-state index contributed by atoms with van der Waals surface area (Å²) in [6, 6.07) is 6.31. The molecule has 158 valence electrons. The Labute approximate surface area is 180 Å². The van der Waals surface area contributed by atoms with Gasteiger partial charge in [-0.25, -0.2) is 0 Å². The van der Waals surface area contributed by atoms with Crippen molar-refractivity contribution >= 4 is 45.8 Å². The van der Waals surface area contributed by atoms with Crippen molar-refractivity contribution in [1.82, 2.24) is 15.5 Å². The van der Waals surface area contributed by atoms with Gasteiger partial charge in [0.15, 0.2) is 4.34 Å². The van der Waals surface area contributed by atoms with Gasteiger partial charge in [-0.05, 0) is 37.3 Å². The van der Waals surface area contributed by atoms with Crippen molar-refractivity contribution in [3.63, 3.8) is 0 Å². The van der Waals surface area contributed by atoms with E-state index in [0.29, 0.717) is 26.0 Å². The summed E-state index contributed by atoms with van der Waals surface area (Å²) in [6.45, 7) is 6.87. The van der Waals surface area contributed by atoms with E-state index in [9.17, 15) is 9.59 Å². The molecule has 0 bridgehead atoms. The van der Waals surface area contributed by atoms with Gasteiger partial charge in [-0.2, -0.15) is 0 Å². The number of carbonyl (C=O) groups excluding carboxylic acids is 2. The quantitative estimate of drug-likeness (QED) is 0.295. The molecule has 2 aromatic rings. The van der Waals surface area contributed by atoms with E-state index in [1.807, 2.05) is 0 Å². The average molecular weight is 437 g/mol. The summed E-state index contributed by atoms with van der Waals surface area (Å²) < 4.78 is 5.59. The van der Waals surface area contributed by atoms with Gasteiger partial charge in [0.2, 0.25) is 11.0 Å². The van der Waals surface area contributed by atoms with Crippen molar-refractivity contribution in [3.8, 4) is 0 Å². The van der Waals surface area contributed by atoms with Crippen LogP contribution in [0.2, 0.25) is 0 Å². The van der Waals surface area contributed by atoms with Crippen molar-refractivity contribution in [2.24, 2.45) is 0 Å². The van der Waals surface area contributed by atoms with Crippen LogP contribution in [0.3, 0.4) is 0 Å². The molecule has 1 amide bonds. The van der Waals surface area contributed by atoms with E-state index in [1.165, 1.54) is 34.2 Å². The number of aryl methyl sites for hydroxylation is 2. The summed E-state index contributed by atoms with van der Waals surface area (Å²) in [5.41, 5.74) is 3.59. The zero-order chi connectivity index (χ0) is 21.1. The van der Waals surface area contributed by atoms with Crippen molar-refractivity contribution in [1.29, 1.82) is 0 Å². The van der Waals surface area contributed by atoms with Gasteiger partial charge in [-0.3, -0.25) is 9.59 Å². The van der Waals surface area contributed by atoms with Crippen LogP contribution in [-0.4, -0.2) is 41.0 Å². The van der Waals surface area contributed by atoms with Crippen molar-refractivity contribution in [3.05, 3.63) is 29.3 Å². The SMILES string of the molecule is CCOC(=O)CCCNC(=O)CSc1nnc(Nc2c(CC)cccc2CC)s1. The molecule has 0 aliphatic heterocycles. The molecule has 29 heavy (non-hydrogen) atoms. The van der Waals surface area contributed by atoms with Crippen LogP contribution < -0.4 is 10.6 Å². The lowest BCUT2D eigenvalue weighted by atomic mass is 10.0. The molecule has 0 aliphatic carbocycles. The highest BCUT2D eigenvalue weighted by Gasteiger charge is 2.12. The topological polar surface area (TPSA) is 93.2 Å². The van der Waals surface area contributed by atoms with Gasteiger partial charge in [0.1, 0.15) is 0 Å². The number of thioether (sulfide) groups is 1. The molecular weight excluding hydrogens is 408 g/mol. The Morgan fingerprint density at radius 1 is 1.14 bits per heavy atom. The second-order valence-electron chi connectivity index (χ2n) is 6.20. The Balaban J connectivity index is 1.79. The summed E-state index contributed by atoms with van der Waals surface area (Å²) in [4.78, 5) is 23.2. The fourth-order valence-corrected chi connectivity index (χ4v) is 4.29. The van der Waals surface area contributed by atoms with Gasteiger partial charge < -0.3 is 15.4 Å². The number of hydrogen-bond donors (Lipinski definition) is 2. The van der Waals surface area contributed by atoms with Crippen molar-refractivity contribution in [2.75, 3.05) is 24.2 Å². The highest BCUT2D eigenvalue weighted by Crippen LogP contribution is 2.31. The first kappa shape index (κ1) is 23.2. The normalized spacial score (nSPS) is 10.6. The molecule has 1 heterocycles. The standard InChI is InChI=1S/C20H28N4O3S2/c1-4-14-9-7-10-15(5-2)18(14)22-19-23-24-20(29-19)28-13-16(25)21-12-8-11-17(26)27-6-3/h7,9-10H,4-6,8,11-13H2,1-3H3,(H,21,25)(H,22,23). The smallest absolute Gasteiger partial charge is 0.305 e. The van der Waals surface area contributed by atoms with E-state index in [1.54, 1.807) is 6.92 Å². The third-order valence-electron chi connectivity index (χ3n) is 4.15. The third-order valence-corrected chi connectivity index (χ3v) is 6.12. The molecule has 0 radical (unpaired) electrons. The highest BCUT2D eigenvalue weighted by molar-refractivity contribution is 8.01. The largest absolute Gasteiger partial charge is 0.466 e. The third kappa shape index (κ3) is 7.66. The molecule has 0 atom stereocenters. The number of esters is 1. The molecule has 0 saturated carbocycles. The van der Waals surface area contributed by atoms with E-state index >= 15 is 0 Å². The van der Waals surface area contributed by atoms with Gasteiger partial charge in [0, 0.05) is 18.7 Å². The second kappa shape index (κ2) is 12.4. The van der Waals surface area contributed by atoms with Crippen LogP contribution in [-0.2, 0) is 27.2 Å². The van der Waals surface area contributed by atoms with E-state index in [-0.39, 0.29) is 17.6 Å². The molecule has 0 unspecified atom stereocenters. The number of rotatable bonds is 12. The molecule has 0 spiro atoms. The minimum Gasteiger partial charge on any atom is -0.466 e. The lowest BCUT2D eigenvalue weighted by Crippen LogP contribution is -2.26. The fraction of sp³-hybridized carbons (Fsp3) is 0.500. The number of hydrogen-bond acceptors (Lipinski definition) is 8. The Kier molecular flexibility index (Phi) is 9.93. The van der Waals surface area contributed by atoms with E-state index < -0.39 is 0 Å². The first-order chi connectivity index (χ1) is 14.1. The van der Waals surface area contributed by atoms with Crippen LogP contribution in [0.1, 0.15) is 44.7 Å². The van der Waals surface area contributed by atoms with Crippen molar-refractivity contribution in [2.45, 2.75) is 50.8 Å². The monoisotopic (exact) mass is 436 g/mol. The van der Waals surface area contributed by atoms with Crippen LogP contribution in [0.5, 0.6) is 0 Å². The Hall–Kier alpha value is -2.13. The first-order valence-corrected chi connectivity index (χ1v) is 11.6. The Morgan fingerprint density at radius 3 is 2.52 bits per heavy atom. The van der Waals surface area contributed by atoms with Gasteiger partial charge in [0.25, 0.3) is 0 Å². The number of nitrogens with zero attached hydrogens (tertiary/aromatic N) is 2. The summed E-state index contributed by atoms with van der Waals surface area (Å²) in [5, 5.41) is 15.3. The number of para-hydroxylation sites is 1. The molecule has 2 rings (SSSR count). The van der Waals surface area contributed by atoms with Crippen LogP contribution in [0, 0.1) is 0 Å². The molecule has 1 aromatic carbocycles. The van der Waals surface area contributed by atoms with Gasteiger partial charge in [-0.1, -0.05) is 55.1 Å². The van der Waals surface area contributed by atoms with E-state index in [2.05, 4.69) is 52.9 Å². The van der Waals surface area contributed by atoms with Crippen LogP contribution >= 0.6 is 23.1 Å². The summed E-state index contributed by atoms with van der Waals surface area (Å²) in [6.07, 6.45) is 2.75. The molecular formula is C20H28N4O3S2. The maximum atomic E-state index is 11.9. The Morgan fingerprint density at radius 2 is 1.86 bits per heavy atom. The van der Waals surface area contributed by atoms with Gasteiger partial charge in [0.05, 0.1) is 12.4 Å². The van der Waals surface area contributed by atoms with Crippen LogP contribution in [0.15, 0.2) is 22.5 Å². The maximum Gasteiger partial charge on any atom is 0.305 e. The van der Waals surface area contributed by atoms with Gasteiger partial charge >= 0.3 is 5.97 Å². The molecule has 0 saturated heterocycles. The average Bonchev–Trinajstić information content (AvgIpc) is 3.17. The highest BCUT2D eigenvalue weighted by atomic mass is 32.2. The predicted octanol–water partition coefficient (Wildman–Crippen LogP) is 3.96. The molecule has 2 N–H and O–H groups in total. The minimum absolute atomic E-state index is 0.0897. The number of ether oxygens (including phenoxy) is 1. The molecule has 9 heteroatoms. The van der Waals surface area contributed by atoms with E-state index in [0.717, 1.165) is 28.0 Å². The number of nitrogens with one attached hydrogen (secondary N) is 2. The molecule has 0 aliphatic rings. The lowest BCUT2D eigenvalue weighted by molar-refractivity contribution is -0.143. The molecule has 0 fully saturated rings. The number of carbonyl (C=O) groups is 2. The maximum absolute atomic E-state index is 11.9. The molecule has 7 nitrogen and oxygen atoms in total. The number of amides is 1. The zero-order valence-electron chi connectivity index (χ0n) is 17.1. The van der Waals surface area contributed by atoms with Crippen molar-refractivity contribution < 1.29 is 14.3 Å². The summed E-state index contributed by atoms with van der Waals surface area (Å²) >= 11 is 2.79. The summed E-state index contributed by atoms with van der Waals surface area (Å²) in [7, 11) is 0. The second-order valence-corrected chi connectivity index (χ2v) is 8.40. The van der Waals surface area contributed by atoms with Crippen LogP contribution in [0.4, 0.5) is 10.8 Å². The summed E-state index contributed by atoms with van der Waals surface area (Å²) in [5.74, 6) is -0.0613. The zero-order valence-corrected chi connectivity index (χ0v) is 18.8. The van der Waals surface area contributed by atoms with Gasteiger partial charge in [-0.15, -0.1) is 10.2 Å². The molecule has 1 aromatic heterocycles. The number of benzene rings is 1. The lowest BCUT2D eigenvalue weighted by Gasteiger charge is -2.13. The van der Waals surface area contributed by atoms with Crippen LogP contribution in [0.25, 0.3) is 0 Å². The Bertz CT molecular complexity index is 789. The van der Waals surface area contributed by atoms with E-state index in [4.69, 9.17) is 4.74 Å². The first-order valence-electron chi connectivity index (χ1n) is 9.83.